The Bertz CT molecular complexity index is 318. The van der Waals surface area contributed by atoms with Gasteiger partial charge in [0.05, 0.1) is 0 Å². The van der Waals surface area contributed by atoms with Crippen molar-refractivity contribution in [1.82, 2.24) is 10.3 Å². The summed E-state index contributed by atoms with van der Waals surface area (Å²) in [7, 11) is 2.03. The van der Waals surface area contributed by atoms with Crippen molar-refractivity contribution < 1.29 is 0 Å². The predicted molar refractivity (Wildman–Crippen MR) is 62.9 cm³/mol. The van der Waals surface area contributed by atoms with Crippen LogP contribution >= 0.6 is 0 Å². The Labute approximate surface area is 90.5 Å². The first kappa shape index (κ1) is 10.2. The average molecular weight is 206 g/mol. The van der Waals surface area contributed by atoms with E-state index < -0.39 is 0 Å². The highest BCUT2D eigenvalue weighted by Crippen LogP contribution is 2.19. The van der Waals surface area contributed by atoms with E-state index >= 15 is 0 Å². The van der Waals surface area contributed by atoms with Gasteiger partial charge in [-0.05, 0) is 26.0 Å². The number of rotatable bonds is 2. The second-order valence-corrected chi connectivity index (χ2v) is 4.00. The van der Waals surface area contributed by atoms with Gasteiger partial charge in [-0.3, -0.25) is 0 Å². The van der Waals surface area contributed by atoms with Gasteiger partial charge in [0, 0.05) is 37.1 Å². The third kappa shape index (κ3) is 2.39. The second kappa shape index (κ2) is 4.49. The zero-order valence-electron chi connectivity index (χ0n) is 9.11. The lowest BCUT2D eigenvalue weighted by Gasteiger charge is -2.32. The normalized spacial score (nSPS) is 18.1. The molecule has 2 heterocycles. The Kier molecular flexibility index (Phi) is 3.06. The minimum absolute atomic E-state index is 0.655. The summed E-state index contributed by atoms with van der Waals surface area (Å²) in [5.74, 6) is 1.00. The minimum atomic E-state index is 0.655. The standard InChI is InChI=1S/C11H18N4/c1-13-10-3-6-15(7-4-10)11-8-9(12)2-5-14-11/h2,5,8,10,13H,3-4,6-7H2,1H3,(H2,12,14). The molecule has 82 valence electrons. The van der Waals surface area contributed by atoms with Gasteiger partial charge in [0.2, 0.25) is 0 Å². The summed E-state index contributed by atoms with van der Waals surface area (Å²) < 4.78 is 0. The molecule has 1 fully saturated rings. The van der Waals surface area contributed by atoms with Crippen LogP contribution in [0.2, 0.25) is 0 Å². The molecule has 0 aliphatic carbocycles. The molecule has 0 radical (unpaired) electrons. The van der Waals surface area contributed by atoms with Gasteiger partial charge >= 0.3 is 0 Å². The number of nitrogens with two attached hydrogens (primary N) is 1. The van der Waals surface area contributed by atoms with Crippen LogP contribution in [0.3, 0.4) is 0 Å². The Hall–Kier alpha value is -1.29. The minimum Gasteiger partial charge on any atom is -0.399 e. The fourth-order valence-electron chi connectivity index (χ4n) is 2.00. The molecule has 1 aromatic rings. The fraction of sp³-hybridized carbons (Fsp3) is 0.545. The molecule has 1 saturated heterocycles. The summed E-state index contributed by atoms with van der Waals surface area (Å²) >= 11 is 0. The summed E-state index contributed by atoms with van der Waals surface area (Å²) in [6.45, 7) is 2.11. The SMILES string of the molecule is CNC1CCN(c2cc(N)ccn2)CC1. The Balaban J connectivity index is 2.01. The van der Waals surface area contributed by atoms with Crippen molar-refractivity contribution in [2.45, 2.75) is 18.9 Å². The Morgan fingerprint density at radius 1 is 1.47 bits per heavy atom. The summed E-state index contributed by atoms with van der Waals surface area (Å²) in [5, 5.41) is 3.32. The van der Waals surface area contributed by atoms with Crippen LogP contribution in [0.25, 0.3) is 0 Å². The van der Waals surface area contributed by atoms with Gasteiger partial charge in [-0.2, -0.15) is 0 Å². The number of nitrogens with one attached hydrogen (secondary N) is 1. The first-order valence-corrected chi connectivity index (χ1v) is 5.43. The Morgan fingerprint density at radius 3 is 2.80 bits per heavy atom. The van der Waals surface area contributed by atoms with Crippen molar-refractivity contribution in [2.75, 3.05) is 30.8 Å². The van der Waals surface area contributed by atoms with Crippen molar-refractivity contribution in [1.29, 1.82) is 0 Å². The zero-order chi connectivity index (χ0) is 10.7. The molecule has 0 amide bonds. The molecular weight excluding hydrogens is 188 g/mol. The van der Waals surface area contributed by atoms with Crippen LogP contribution in [-0.2, 0) is 0 Å². The van der Waals surface area contributed by atoms with Crippen LogP contribution in [0.5, 0.6) is 0 Å². The molecule has 2 rings (SSSR count). The van der Waals surface area contributed by atoms with E-state index in [0.29, 0.717) is 6.04 Å². The number of piperidine rings is 1. The zero-order valence-corrected chi connectivity index (χ0v) is 9.11. The lowest BCUT2D eigenvalue weighted by molar-refractivity contribution is 0.441. The van der Waals surface area contributed by atoms with Crippen molar-refractivity contribution >= 4 is 11.5 Å². The van der Waals surface area contributed by atoms with E-state index in [4.69, 9.17) is 5.73 Å². The molecule has 3 N–H and O–H groups in total. The summed E-state index contributed by atoms with van der Waals surface area (Å²) in [6.07, 6.45) is 4.12. The van der Waals surface area contributed by atoms with Crippen LogP contribution < -0.4 is 16.0 Å². The van der Waals surface area contributed by atoms with E-state index in [1.54, 1.807) is 6.20 Å². The summed E-state index contributed by atoms with van der Waals surface area (Å²) in [5.41, 5.74) is 6.53. The maximum Gasteiger partial charge on any atom is 0.130 e. The van der Waals surface area contributed by atoms with E-state index in [2.05, 4.69) is 15.2 Å². The van der Waals surface area contributed by atoms with Crippen LogP contribution in [0, 0.1) is 0 Å². The smallest absolute Gasteiger partial charge is 0.130 e. The lowest BCUT2D eigenvalue weighted by atomic mass is 10.1. The van der Waals surface area contributed by atoms with Gasteiger partial charge in [0.1, 0.15) is 5.82 Å². The van der Waals surface area contributed by atoms with Gasteiger partial charge in [0.25, 0.3) is 0 Å². The van der Waals surface area contributed by atoms with E-state index in [9.17, 15) is 0 Å². The highest BCUT2D eigenvalue weighted by Gasteiger charge is 2.18. The predicted octanol–water partition coefficient (Wildman–Crippen LogP) is 0.852. The van der Waals surface area contributed by atoms with Gasteiger partial charge < -0.3 is 16.0 Å². The molecule has 0 bridgehead atoms. The van der Waals surface area contributed by atoms with E-state index in [1.807, 2.05) is 19.2 Å². The monoisotopic (exact) mass is 206 g/mol. The number of pyridine rings is 1. The highest BCUT2D eigenvalue weighted by molar-refractivity contribution is 5.50. The number of hydrogen-bond acceptors (Lipinski definition) is 4. The molecule has 1 aliphatic rings. The second-order valence-electron chi connectivity index (χ2n) is 4.00. The van der Waals surface area contributed by atoms with Crippen LogP contribution in [0.15, 0.2) is 18.3 Å². The number of nitrogen functional groups attached to an aromatic ring is 1. The third-order valence-corrected chi connectivity index (χ3v) is 3.00. The first-order chi connectivity index (χ1) is 7.29. The van der Waals surface area contributed by atoms with Gasteiger partial charge in [-0.25, -0.2) is 4.98 Å². The number of hydrogen-bond donors (Lipinski definition) is 2. The van der Waals surface area contributed by atoms with Gasteiger partial charge in [-0.1, -0.05) is 0 Å². The van der Waals surface area contributed by atoms with Crippen molar-refractivity contribution in [2.24, 2.45) is 0 Å². The number of nitrogens with zero attached hydrogens (tertiary/aromatic N) is 2. The van der Waals surface area contributed by atoms with Crippen LogP contribution in [-0.4, -0.2) is 31.2 Å². The van der Waals surface area contributed by atoms with Crippen LogP contribution in [0.1, 0.15) is 12.8 Å². The number of aromatic nitrogens is 1. The molecule has 1 aliphatic heterocycles. The molecule has 0 aromatic carbocycles. The highest BCUT2D eigenvalue weighted by atomic mass is 15.2. The topological polar surface area (TPSA) is 54.2 Å². The molecule has 0 spiro atoms. The lowest BCUT2D eigenvalue weighted by Crippen LogP contribution is -2.41. The number of anilines is 2. The average Bonchev–Trinajstić information content (AvgIpc) is 2.29. The van der Waals surface area contributed by atoms with Crippen molar-refractivity contribution in [3.8, 4) is 0 Å². The van der Waals surface area contributed by atoms with Crippen LogP contribution in [0.4, 0.5) is 11.5 Å². The van der Waals surface area contributed by atoms with E-state index in [1.165, 1.54) is 12.8 Å². The quantitative estimate of drug-likeness (QED) is 0.753. The van der Waals surface area contributed by atoms with Gasteiger partial charge in [0.15, 0.2) is 0 Å². The van der Waals surface area contributed by atoms with E-state index in [0.717, 1.165) is 24.6 Å². The largest absolute Gasteiger partial charge is 0.399 e. The molecule has 0 atom stereocenters. The van der Waals surface area contributed by atoms with Gasteiger partial charge in [-0.15, -0.1) is 0 Å². The third-order valence-electron chi connectivity index (χ3n) is 3.00. The first-order valence-electron chi connectivity index (χ1n) is 5.43. The Morgan fingerprint density at radius 2 is 2.20 bits per heavy atom. The summed E-state index contributed by atoms with van der Waals surface area (Å²) in [6, 6.07) is 4.42. The maximum absolute atomic E-state index is 5.74. The molecule has 4 heteroatoms. The molecular formula is C11H18N4. The molecule has 0 saturated carbocycles. The maximum atomic E-state index is 5.74. The molecule has 4 nitrogen and oxygen atoms in total. The molecule has 0 unspecified atom stereocenters. The molecule has 15 heavy (non-hydrogen) atoms. The summed E-state index contributed by atoms with van der Waals surface area (Å²) in [4.78, 5) is 6.64. The fourth-order valence-corrected chi connectivity index (χ4v) is 2.00. The van der Waals surface area contributed by atoms with Crippen molar-refractivity contribution in [3.05, 3.63) is 18.3 Å². The van der Waals surface area contributed by atoms with Crippen molar-refractivity contribution in [3.63, 3.8) is 0 Å². The van der Waals surface area contributed by atoms with E-state index in [-0.39, 0.29) is 0 Å². The molecule has 1 aromatic heterocycles.